The lowest BCUT2D eigenvalue weighted by molar-refractivity contribution is -0.384. The summed E-state index contributed by atoms with van der Waals surface area (Å²) in [5.74, 6) is -0.287. The van der Waals surface area contributed by atoms with E-state index in [1.165, 1.54) is 17.0 Å². The molecule has 0 bridgehead atoms. The number of nitrogens with one attached hydrogen (secondary N) is 2. The van der Waals surface area contributed by atoms with Gasteiger partial charge in [-0.3, -0.25) is 14.9 Å². The van der Waals surface area contributed by atoms with Crippen molar-refractivity contribution in [1.29, 1.82) is 0 Å². The van der Waals surface area contributed by atoms with E-state index in [2.05, 4.69) is 28.8 Å². The maximum atomic E-state index is 13.3. The molecule has 1 atom stereocenters. The maximum Gasteiger partial charge on any atom is 0.407 e. The van der Waals surface area contributed by atoms with E-state index in [4.69, 9.17) is 0 Å². The lowest BCUT2D eigenvalue weighted by Crippen LogP contribution is -2.45. The summed E-state index contributed by atoms with van der Waals surface area (Å²) in [7, 11) is -4.44. The van der Waals surface area contributed by atoms with E-state index in [0.717, 1.165) is 42.6 Å². The van der Waals surface area contributed by atoms with Gasteiger partial charge in [-0.05, 0) is 107 Å². The van der Waals surface area contributed by atoms with Crippen molar-refractivity contribution < 1.29 is 28.0 Å². The highest BCUT2D eigenvalue weighted by atomic mass is 32.2. The summed E-state index contributed by atoms with van der Waals surface area (Å²) in [5.41, 5.74) is 0.540. The van der Waals surface area contributed by atoms with Crippen molar-refractivity contribution >= 4 is 50.8 Å². The fourth-order valence-corrected chi connectivity index (χ4v) is 7.88. The monoisotopic (exact) mass is 739 g/mol. The molecule has 276 valence electrons. The number of hydrogen-bond donors (Lipinski definition) is 3. The van der Waals surface area contributed by atoms with Crippen LogP contribution in [-0.4, -0.2) is 72.3 Å². The molecular weight excluding hydrogens is 691 g/mol. The van der Waals surface area contributed by atoms with Crippen molar-refractivity contribution in [3.8, 4) is 0 Å². The molecule has 0 unspecified atom stereocenters. The second-order valence-electron chi connectivity index (χ2n) is 14.6. The summed E-state index contributed by atoms with van der Waals surface area (Å²) in [5, 5.41) is 25.1. The summed E-state index contributed by atoms with van der Waals surface area (Å²) >= 11 is 1.57. The second-order valence-corrected chi connectivity index (χ2v) is 17.4. The van der Waals surface area contributed by atoms with E-state index in [0.29, 0.717) is 31.6 Å². The van der Waals surface area contributed by atoms with Crippen LogP contribution in [0.2, 0.25) is 0 Å². The highest BCUT2D eigenvalue weighted by Gasteiger charge is 2.28. The van der Waals surface area contributed by atoms with Crippen LogP contribution in [0.4, 0.5) is 21.9 Å². The average molecular weight is 740 g/mol. The van der Waals surface area contributed by atoms with Crippen LogP contribution in [-0.2, 0) is 10.0 Å². The van der Waals surface area contributed by atoms with Gasteiger partial charge in [0.25, 0.3) is 21.6 Å². The van der Waals surface area contributed by atoms with Crippen molar-refractivity contribution in [3.63, 3.8) is 0 Å². The van der Waals surface area contributed by atoms with Crippen molar-refractivity contribution in [3.05, 3.63) is 88.5 Å². The van der Waals surface area contributed by atoms with Crippen LogP contribution < -0.4 is 14.9 Å². The largest absolute Gasteiger partial charge is 0.465 e. The first-order chi connectivity index (χ1) is 23.9. The number of nitro groups is 1. The molecule has 1 aliphatic heterocycles. The van der Waals surface area contributed by atoms with E-state index in [-0.39, 0.29) is 22.7 Å². The zero-order chi connectivity index (χ0) is 37.4. The molecule has 3 N–H and O–H groups in total. The van der Waals surface area contributed by atoms with Crippen LogP contribution in [0.15, 0.2) is 82.6 Å². The van der Waals surface area contributed by atoms with E-state index in [9.17, 15) is 33.2 Å². The van der Waals surface area contributed by atoms with Gasteiger partial charge in [0.2, 0.25) is 0 Å². The van der Waals surface area contributed by atoms with Gasteiger partial charge in [-0.1, -0.05) is 32.0 Å². The number of carboxylic acid groups (broad SMARTS) is 1. The molecule has 0 radical (unpaired) electrons. The number of anilines is 2. The van der Waals surface area contributed by atoms with E-state index in [1.807, 2.05) is 51.1 Å². The number of carbonyl (C=O) groups excluding carboxylic acids is 1. The summed E-state index contributed by atoms with van der Waals surface area (Å²) in [6.07, 6.45) is 2.93. The number of carbonyl (C=O) groups is 2. The van der Waals surface area contributed by atoms with Crippen LogP contribution in [0.25, 0.3) is 0 Å². The molecule has 1 aliphatic rings. The molecule has 0 saturated carbocycles. The number of amides is 2. The van der Waals surface area contributed by atoms with Crippen LogP contribution in [0.5, 0.6) is 0 Å². The smallest absolute Gasteiger partial charge is 0.407 e. The minimum Gasteiger partial charge on any atom is -0.465 e. The molecule has 12 nitrogen and oxygen atoms in total. The third-order valence-corrected chi connectivity index (χ3v) is 11.6. The van der Waals surface area contributed by atoms with Gasteiger partial charge >= 0.3 is 6.09 Å². The first kappa shape index (κ1) is 39.5. The van der Waals surface area contributed by atoms with E-state index in [1.54, 1.807) is 36.0 Å². The fraction of sp³-hybridized carbons (Fsp3) is 0.459. The van der Waals surface area contributed by atoms with Gasteiger partial charge < -0.3 is 20.2 Å². The summed E-state index contributed by atoms with van der Waals surface area (Å²) in [6.45, 7) is 12.1. The Kier molecular flexibility index (Phi) is 13.0. The predicted molar refractivity (Wildman–Crippen MR) is 202 cm³/mol. The standard InChI is InChI=1S/C37H49N5O7S2/c1-36(2,3)41(35(44)45)22-10-9-11-28(26-50-30-12-7-6-8-13-30)38-32-19-18-31(25-33(32)42(46)47)51(48,49)39-34(43)27-14-16-29(17-15-27)40-23-20-37(4,5)21-24-40/h6-8,12-19,25,28,38H,9-11,20-24,26H2,1-5H3,(H,39,43)(H,44,45)/t28-/m1/s1. The Hall–Kier alpha value is -4.30. The quantitative estimate of drug-likeness (QED) is 0.0605. The van der Waals surface area contributed by atoms with Gasteiger partial charge in [0.15, 0.2) is 0 Å². The highest BCUT2D eigenvalue weighted by molar-refractivity contribution is 7.99. The number of piperidine rings is 1. The van der Waals surface area contributed by atoms with Gasteiger partial charge in [-0.15, -0.1) is 11.8 Å². The Bertz CT molecular complexity index is 1770. The van der Waals surface area contributed by atoms with Gasteiger partial charge in [0, 0.05) is 59.2 Å². The van der Waals surface area contributed by atoms with Crippen LogP contribution >= 0.6 is 11.8 Å². The highest BCUT2D eigenvalue weighted by Crippen LogP contribution is 2.33. The number of nitro benzene ring substituents is 1. The molecule has 3 aromatic rings. The van der Waals surface area contributed by atoms with Crippen molar-refractivity contribution in [2.75, 3.05) is 35.6 Å². The van der Waals surface area contributed by atoms with Crippen LogP contribution in [0.3, 0.4) is 0 Å². The number of thioether (sulfide) groups is 1. The average Bonchev–Trinajstić information content (AvgIpc) is 3.06. The first-order valence-corrected chi connectivity index (χ1v) is 19.6. The Morgan fingerprint density at radius 1 is 1.02 bits per heavy atom. The molecule has 4 rings (SSSR count). The molecular formula is C37H49N5O7S2. The normalized spacial score (nSPS) is 15.1. The minimum atomic E-state index is -4.44. The number of rotatable bonds is 15. The number of hydrogen-bond acceptors (Lipinski definition) is 9. The van der Waals surface area contributed by atoms with Gasteiger partial charge in [0.05, 0.1) is 9.82 Å². The van der Waals surface area contributed by atoms with Gasteiger partial charge in [-0.2, -0.15) is 0 Å². The molecule has 0 aliphatic carbocycles. The Labute approximate surface area is 305 Å². The van der Waals surface area contributed by atoms with Crippen molar-refractivity contribution in [2.45, 2.75) is 88.1 Å². The van der Waals surface area contributed by atoms with Crippen molar-refractivity contribution in [1.82, 2.24) is 9.62 Å². The second kappa shape index (κ2) is 16.8. The van der Waals surface area contributed by atoms with Crippen LogP contribution in [0, 0.1) is 15.5 Å². The number of sulfonamides is 1. The number of unbranched alkanes of at least 4 members (excludes halogenated alkanes) is 1. The Balaban J connectivity index is 1.46. The maximum absolute atomic E-state index is 13.3. The SMILES string of the molecule is CC1(C)CCN(c2ccc(C(=O)NS(=O)(=O)c3ccc(N[C@H](CCCCN(C(=O)O)C(C)(C)C)CSc4ccccc4)c([N+](=O)[O-])c3)cc2)CC1. The van der Waals surface area contributed by atoms with Crippen LogP contribution in [0.1, 0.15) is 77.1 Å². The van der Waals surface area contributed by atoms with Gasteiger partial charge in [0.1, 0.15) is 5.69 Å². The molecule has 3 aromatic carbocycles. The Morgan fingerprint density at radius 2 is 1.67 bits per heavy atom. The fourth-order valence-electron chi connectivity index (χ4n) is 5.89. The minimum absolute atomic E-state index is 0.141. The lowest BCUT2D eigenvalue weighted by atomic mass is 9.82. The van der Waals surface area contributed by atoms with E-state index >= 15 is 0 Å². The molecule has 1 heterocycles. The number of nitrogens with zero attached hydrogens (tertiary/aromatic N) is 3. The molecule has 1 saturated heterocycles. The molecule has 0 spiro atoms. The lowest BCUT2D eigenvalue weighted by Gasteiger charge is -2.38. The molecule has 2 amide bonds. The Morgan fingerprint density at radius 3 is 2.25 bits per heavy atom. The van der Waals surface area contributed by atoms with Crippen molar-refractivity contribution in [2.24, 2.45) is 5.41 Å². The summed E-state index contributed by atoms with van der Waals surface area (Å²) < 4.78 is 28.6. The molecule has 14 heteroatoms. The molecule has 0 aromatic heterocycles. The molecule has 51 heavy (non-hydrogen) atoms. The summed E-state index contributed by atoms with van der Waals surface area (Å²) in [6, 6.07) is 19.7. The third-order valence-electron chi connectivity index (χ3n) is 9.09. The zero-order valence-electron chi connectivity index (χ0n) is 29.9. The number of benzene rings is 3. The summed E-state index contributed by atoms with van der Waals surface area (Å²) in [4.78, 5) is 40.6. The first-order valence-electron chi connectivity index (χ1n) is 17.1. The topological polar surface area (TPSA) is 162 Å². The van der Waals surface area contributed by atoms with Gasteiger partial charge in [-0.25, -0.2) is 17.9 Å². The zero-order valence-corrected chi connectivity index (χ0v) is 31.6. The van der Waals surface area contributed by atoms with E-state index < -0.39 is 43.1 Å². The predicted octanol–water partition coefficient (Wildman–Crippen LogP) is 7.86. The molecule has 1 fully saturated rings. The third kappa shape index (κ3) is 11.3.